The third-order valence-electron chi connectivity index (χ3n) is 3.34. The first-order chi connectivity index (χ1) is 7.04. The number of nitrogens with two attached hydrogens (primary N) is 1. The molecule has 88 valence electrons. The van der Waals surface area contributed by atoms with Crippen molar-refractivity contribution in [1.29, 1.82) is 5.41 Å². The SMILES string of the molecule is COC1CN(CC(C)C(=N)N)CCC1C. The minimum atomic E-state index is 0.149. The number of nitrogens with one attached hydrogen (secondary N) is 1. The highest BCUT2D eigenvalue weighted by Crippen LogP contribution is 2.20. The summed E-state index contributed by atoms with van der Waals surface area (Å²) in [5.41, 5.74) is 5.47. The number of likely N-dealkylation sites (tertiary alicyclic amines) is 1. The molecular formula is C11H23N3O. The first-order valence-electron chi connectivity index (χ1n) is 5.63. The van der Waals surface area contributed by atoms with E-state index in [0.717, 1.165) is 19.6 Å². The minimum absolute atomic E-state index is 0.149. The van der Waals surface area contributed by atoms with Crippen LogP contribution in [0.4, 0.5) is 0 Å². The molecule has 0 spiro atoms. The van der Waals surface area contributed by atoms with Gasteiger partial charge in [0.15, 0.2) is 0 Å². The van der Waals surface area contributed by atoms with Crippen LogP contribution in [0, 0.1) is 17.2 Å². The molecular weight excluding hydrogens is 190 g/mol. The number of rotatable bonds is 4. The van der Waals surface area contributed by atoms with Gasteiger partial charge in [0.05, 0.1) is 11.9 Å². The first-order valence-corrected chi connectivity index (χ1v) is 5.63. The van der Waals surface area contributed by atoms with Gasteiger partial charge in [-0.1, -0.05) is 13.8 Å². The zero-order valence-electron chi connectivity index (χ0n) is 9.99. The molecule has 1 fully saturated rings. The summed E-state index contributed by atoms with van der Waals surface area (Å²) in [7, 11) is 1.78. The van der Waals surface area contributed by atoms with Gasteiger partial charge in [-0.2, -0.15) is 0 Å². The van der Waals surface area contributed by atoms with Gasteiger partial charge in [-0.05, 0) is 18.9 Å². The zero-order chi connectivity index (χ0) is 11.4. The lowest BCUT2D eigenvalue weighted by atomic mass is 9.95. The molecule has 0 aliphatic carbocycles. The second-order valence-corrected chi connectivity index (χ2v) is 4.66. The Kier molecular flexibility index (Phi) is 4.54. The fourth-order valence-corrected chi connectivity index (χ4v) is 2.06. The first kappa shape index (κ1) is 12.5. The smallest absolute Gasteiger partial charge is 0.0947 e. The average Bonchev–Trinajstić information content (AvgIpc) is 2.20. The molecule has 3 N–H and O–H groups in total. The van der Waals surface area contributed by atoms with E-state index in [9.17, 15) is 0 Å². The van der Waals surface area contributed by atoms with Crippen molar-refractivity contribution in [3.8, 4) is 0 Å². The monoisotopic (exact) mass is 213 g/mol. The molecule has 4 nitrogen and oxygen atoms in total. The Morgan fingerprint density at radius 1 is 1.67 bits per heavy atom. The minimum Gasteiger partial charge on any atom is -0.387 e. The molecule has 0 radical (unpaired) electrons. The van der Waals surface area contributed by atoms with Crippen molar-refractivity contribution < 1.29 is 4.74 Å². The van der Waals surface area contributed by atoms with Gasteiger partial charge in [-0.3, -0.25) is 5.41 Å². The van der Waals surface area contributed by atoms with Crippen LogP contribution in [0.15, 0.2) is 0 Å². The molecule has 1 aliphatic heterocycles. The maximum absolute atomic E-state index is 7.37. The van der Waals surface area contributed by atoms with Crippen LogP contribution in [0.1, 0.15) is 20.3 Å². The van der Waals surface area contributed by atoms with Crippen LogP contribution in [0.3, 0.4) is 0 Å². The third-order valence-corrected chi connectivity index (χ3v) is 3.34. The molecule has 4 heteroatoms. The maximum Gasteiger partial charge on any atom is 0.0947 e. The van der Waals surface area contributed by atoms with Crippen molar-refractivity contribution >= 4 is 5.84 Å². The Labute approximate surface area is 92.3 Å². The van der Waals surface area contributed by atoms with Gasteiger partial charge in [0.1, 0.15) is 0 Å². The molecule has 0 bridgehead atoms. The Morgan fingerprint density at radius 3 is 2.87 bits per heavy atom. The molecule has 3 atom stereocenters. The van der Waals surface area contributed by atoms with Crippen molar-refractivity contribution in [2.45, 2.75) is 26.4 Å². The molecule has 1 saturated heterocycles. The summed E-state index contributed by atoms with van der Waals surface area (Å²) in [6.07, 6.45) is 1.50. The van der Waals surface area contributed by atoms with Gasteiger partial charge < -0.3 is 15.4 Å². The van der Waals surface area contributed by atoms with E-state index in [-0.39, 0.29) is 11.8 Å². The fraction of sp³-hybridized carbons (Fsp3) is 0.909. The van der Waals surface area contributed by atoms with Crippen molar-refractivity contribution in [2.24, 2.45) is 17.6 Å². The van der Waals surface area contributed by atoms with Gasteiger partial charge in [0, 0.05) is 26.1 Å². The summed E-state index contributed by atoms with van der Waals surface area (Å²) >= 11 is 0. The number of amidine groups is 1. The van der Waals surface area contributed by atoms with Crippen LogP contribution < -0.4 is 5.73 Å². The standard InChI is InChI=1S/C11H23N3O/c1-8-4-5-14(7-10(8)15-3)6-9(2)11(12)13/h8-10H,4-7H2,1-3H3,(H3,12,13). The van der Waals surface area contributed by atoms with E-state index in [2.05, 4.69) is 11.8 Å². The topological polar surface area (TPSA) is 62.3 Å². The lowest BCUT2D eigenvalue weighted by molar-refractivity contribution is -0.00656. The summed E-state index contributed by atoms with van der Waals surface area (Å²) in [4.78, 5) is 2.35. The Hall–Kier alpha value is -0.610. The van der Waals surface area contributed by atoms with Crippen LogP contribution in [0.5, 0.6) is 0 Å². The molecule has 3 unspecified atom stereocenters. The second-order valence-electron chi connectivity index (χ2n) is 4.66. The molecule has 0 aromatic heterocycles. The number of nitrogens with zero attached hydrogens (tertiary/aromatic N) is 1. The summed E-state index contributed by atoms with van der Waals surface area (Å²) < 4.78 is 5.45. The van der Waals surface area contributed by atoms with E-state index in [1.807, 2.05) is 6.92 Å². The van der Waals surface area contributed by atoms with E-state index in [4.69, 9.17) is 15.9 Å². The Morgan fingerprint density at radius 2 is 2.33 bits per heavy atom. The van der Waals surface area contributed by atoms with E-state index in [1.54, 1.807) is 7.11 Å². The molecule has 1 heterocycles. The summed E-state index contributed by atoms with van der Waals surface area (Å²) in [5, 5.41) is 7.37. The predicted octanol–water partition coefficient (Wildman–Crippen LogP) is 0.915. The summed E-state index contributed by atoms with van der Waals surface area (Å²) in [6.45, 7) is 7.18. The third kappa shape index (κ3) is 3.47. The van der Waals surface area contributed by atoms with Crippen molar-refractivity contribution in [2.75, 3.05) is 26.7 Å². The van der Waals surface area contributed by atoms with Crippen LogP contribution in [0.2, 0.25) is 0 Å². The lowest BCUT2D eigenvalue weighted by Crippen LogP contribution is -2.46. The van der Waals surface area contributed by atoms with Gasteiger partial charge in [-0.25, -0.2) is 0 Å². The molecule has 1 aliphatic rings. The van der Waals surface area contributed by atoms with E-state index in [0.29, 0.717) is 12.0 Å². The van der Waals surface area contributed by atoms with Crippen molar-refractivity contribution in [1.82, 2.24) is 4.90 Å². The van der Waals surface area contributed by atoms with Crippen molar-refractivity contribution in [3.63, 3.8) is 0 Å². The number of ether oxygens (including phenoxy) is 1. The van der Waals surface area contributed by atoms with E-state index in [1.165, 1.54) is 6.42 Å². The van der Waals surface area contributed by atoms with Gasteiger partial charge in [-0.15, -0.1) is 0 Å². The average molecular weight is 213 g/mol. The lowest BCUT2D eigenvalue weighted by Gasteiger charge is -2.37. The molecule has 0 amide bonds. The van der Waals surface area contributed by atoms with Crippen LogP contribution in [-0.2, 0) is 4.74 Å². The zero-order valence-corrected chi connectivity index (χ0v) is 9.99. The Bertz CT molecular complexity index is 220. The van der Waals surface area contributed by atoms with Crippen LogP contribution in [-0.4, -0.2) is 43.6 Å². The molecule has 0 saturated carbocycles. The number of hydrogen-bond donors (Lipinski definition) is 2. The molecule has 1 rings (SSSR count). The maximum atomic E-state index is 7.37. The van der Waals surface area contributed by atoms with Crippen LogP contribution >= 0.6 is 0 Å². The molecule has 0 aromatic carbocycles. The van der Waals surface area contributed by atoms with E-state index < -0.39 is 0 Å². The number of methoxy groups -OCH3 is 1. The van der Waals surface area contributed by atoms with Gasteiger partial charge >= 0.3 is 0 Å². The van der Waals surface area contributed by atoms with E-state index >= 15 is 0 Å². The van der Waals surface area contributed by atoms with Crippen LogP contribution in [0.25, 0.3) is 0 Å². The quantitative estimate of drug-likeness (QED) is 0.539. The van der Waals surface area contributed by atoms with Gasteiger partial charge in [0.2, 0.25) is 0 Å². The fourth-order valence-electron chi connectivity index (χ4n) is 2.06. The molecule has 15 heavy (non-hydrogen) atoms. The highest BCUT2D eigenvalue weighted by atomic mass is 16.5. The Balaban J connectivity index is 2.41. The predicted molar refractivity (Wildman–Crippen MR) is 62.1 cm³/mol. The second kappa shape index (κ2) is 5.47. The van der Waals surface area contributed by atoms with Crippen molar-refractivity contribution in [3.05, 3.63) is 0 Å². The number of piperidine rings is 1. The molecule has 0 aromatic rings. The van der Waals surface area contributed by atoms with Gasteiger partial charge in [0.25, 0.3) is 0 Å². The highest BCUT2D eigenvalue weighted by molar-refractivity contribution is 5.79. The summed E-state index contributed by atoms with van der Waals surface area (Å²) in [6, 6.07) is 0. The normalized spacial score (nSPS) is 30.1. The largest absolute Gasteiger partial charge is 0.387 e. The number of hydrogen-bond acceptors (Lipinski definition) is 3. The highest BCUT2D eigenvalue weighted by Gasteiger charge is 2.26. The summed E-state index contributed by atoms with van der Waals surface area (Å²) in [5.74, 6) is 1.07.